The lowest BCUT2D eigenvalue weighted by atomic mass is 9.97. The van der Waals surface area contributed by atoms with Crippen LogP contribution in [0.15, 0.2) is 57.7 Å². The number of rotatable bonds is 6. The quantitative estimate of drug-likeness (QED) is 0.534. The zero-order chi connectivity index (χ0) is 22.7. The highest BCUT2D eigenvalue weighted by Gasteiger charge is 2.24. The molecule has 3 aromatic rings. The Morgan fingerprint density at radius 3 is 2.41 bits per heavy atom. The predicted octanol–water partition coefficient (Wildman–Crippen LogP) is 5.53. The second-order valence-electron chi connectivity index (χ2n) is 8.76. The van der Waals surface area contributed by atoms with Gasteiger partial charge in [0.25, 0.3) is 5.91 Å². The van der Waals surface area contributed by atoms with E-state index in [0.29, 0.717) is 28.5 Å². The molecule has 1 amide bonds. The summed E-state index contributed by atoms with van der Waals surface area (Å²) in [6.45, 7) is 6.84. The number of nitrogens with zero attached hydrogens (tertiary/aromatic N) is 1. The number of carbonyl (C=O) groups excluding carboxylic acids is 1. The summed E-state index contributed by atoms with van der Waals surface area (Å²) in [5.74, 6) is 0.0972. The van der Waals surface area contributed by atoms with Crippen LogP contribution < -0.4 is 10.7 Å². The molecule has 1 atom stereocenters. The highest BCUT2D eigenvalue weighted by molar-refractivity contribution is 6.31. The fourth-order valence-electron chi connectivity index (χ4n) is 4.31. The van der Waals surface area contributed by atoms with Crippen LogP contribution in [0.25, 0.3) is 11.0 Å². The fraction of sp³-hybridized carbons (Fsp3) is 0.385. The first-order chi connectivity index (χ1) is 15.4. The van der Waals surface area contributed by atoms with E-state index in [1.165, 1.54) is 23.6 Å². The van der Waals surface area contributed by atoms with E-state index in [-0.39, 0.29) is 23.1 Å². The summed E-state index contributed by atoms with van der Waals surface area (Å²) in [5, 5.41) is 3.82. The van der Waals surface area contributed by atoms with E-state index in [1.807, 2.05) is 0 Å². The lowest BCUT2D eigenvalue weighted by molar-refractivity contribution is 0.0897. The van der Waals surface area contributed by atoms with E-state index in [9.17, 15) is 9.59 Å². The molecular weight excluding hydrogens is 424 g/mol. The van der Waals surface area contributed by atoms with Crippen LogP contribution in [0.2, 0.25) is 5.02 Å². The number of nitrogens with one attached hydrogen (secondary N) is 1. The molecule has 1 aliphatic heterocycles. The van der Waals surface area contributed by atoms with Gasteiger partial charge in [-0.2, -0.15) is 0 Å². The molecule has 0 bridgehead atoms. The molecule has 168 valence electrons. The second-order valence-corrected chi connectivity index (χ2v) is 9.20. The molecule has 1 N–H and O–H groups in total. The van der Waals surface area contributed by atoms with Gasteiger partial charge >= 0.3 is 0 Å². The van der Waals surface area contributed by atoms with Gasteiger partial charge in [-0.3, -0.25) is 14.5 Å². The monoisotopic (exact) mass is 452 g/mol. The van der Waals surface area contributed by atoms with Crippen molar-refractivity contribution in [3.05, 3.63) is 80.7 Å². The van der Waals surface area contributed by atoms with Gasteiger partial charge in [0, 0.05) is 17.6 Å². The van der Waals surface area contributed by atoms with Crippen molar-refractivity contribution in [1.82, 2.24) is 10.2 Å². The Morgan fingerprint density at radius 1 is 1.03 bits per heavy atom. The van der Waals surface area contributed by atoms with E-state index in [4.69, 9.17) is 16.0 Å². The Balaban J connectivity index is 1.54. The van der Waals surface area contributed by atoms with E-state index in [1.54, 1.807) is 18.2 Å². The van der Waals surface area contributed by atoms with Gasteiger partial charge in [-0.15, -0.1) is 0 Å². The average molecular weight is 453 g/mol. The lowest BCUT2D eigenvalue weighted by Crippen LogP contribution is -2.40. The van der Waals surface area contributed by atoms with Crippen molar-refractivity contribution in [1.29, 1.82) is 0 Å². The largest absolute Gasteiger partial charge is 0.451 e. The van der Waals surface area contributed by atoms with Gasteiger partial charge in [0.1, 0.15) is 5.58 Å². The third-order valence-electron chi connectivity index (χ3n) is 6.19. The first-order valence-electron chi connectivity index (χ1n) is 11.3. The van der Waals surface area contributed by atoms with Crippen molar-refractivity contribution in [2.45, 2.75) is 45.1 Å². The topological polar surface area (TPSA) is 62.6 Å². The van der Waals surface area contributed by atoms with Gasteiger partial charge < -0.3 is 9.73 Å². The van der Waals surface area contributed by atoms with Crippen LogP contribution >= 0.6 is 11.6 Å². The van der Waals surface area contributed by atoms with Crippen LogP contribution in [0, 0.1) is 0 Å². The van der Waals surface area contributed by atoms with Crippen molar-refractivity contribution < 1.29 is 9.21 Å². The summed E-state index contributed by atoms with van der Waals surface area (Å²) in [6, 6.07) is 14.8. The van der Waals surface area contributed by atoms with Crippen LogP contribution in [-0.2, 0) is 0 Å². The molecule has 0 aliphatic carbocycles. The van der Waals surface area contributed by atoms with Crippen molar-refractivity contribution in [2.24, 2.45) is 0 Å². The molecule has 1 saturated heterocycles. The molecule has 0 saturated carbocycles. The number of hydrogen-bond acceptors (Lipinski definition) is 4. The molecule has 4 rings (SSSR count). The number of halogens is 1. The van der Waals surface area contributed by atoms with Gasteiger partial charge in [-0.25, -0.2) is 0 Å². The number of likely N-dealkylation sites (tertiary alicyclic amines) is 1. The van der Waals surface area contributed by atoms with Gasteiger partial charge in [0.2, 0.25) is 0 Å². The molecule has 1 aliphatic rings. The summed E-state index contributed by atoms with van der Waals surface area (Å²) < 4.78 is 5.70. The van der Waals surface area contributed by atoms with Gasteiger partial charge in [-0.05, 0) is 61.2 Å². The van der Waals surface area contributed by atoms with Crippen LogP contribution in [-0.4, -0.2) is 30.4 Å². The number of amides is 1. The number of piperidine rings is 1. The zero-order valence-electron chi connectivity index (χ0n) is 18.6. The summed E-state index contributed by atoms with van der Waals surface area (Å²) >= 11 is 5.97. The summed E-state index contributed by atoms with van der Waals surface area (Å²) in [4.78, 5) is 27.8. The van der Waals surface area contributed by atoms with Crippen molar-refractivity contribution in [3.63, 3.8) is 0 Å². The van der Waals surface area contributed by atoms with Crippen LogP contribution in [0.5, 0.6) is 0 Å². The summed E-state index contributed by atoms with van der Waals surface area (Å²) in [5.41, 5.74) is 2.55. The van der Waals surface area contributed by atoms with Gasteiger partial charge in [0.05, 0.1) is 11.4 Å². The van der Waals surface area contributed by atoms with Gasteiger partial charge in [-0.1, -0.05) is 56.1 Å². The maximum atomic E-state index is 12.9. The van der Waals surface area contributed by atoms with E-state index >= 15 is 0 Å². The molecule has 6 heteroatoms. The number of benzene rings is 2. The maximum absolute atomic E-state index is 12.9. The van der Waals surface area contributed by atoms with E-state index < -0.39 is 0 Å². The highest BCUT2D eigenvalue weighted by atomic mass is 35.5. The first-order valence-corrected chi connectivity index (χ1v) is 11.7. The molecule has 0 radical (unpaired) electrons. The van der Waals surface area contributed by atoms with Crippen molar-refractivity contribution in [2.75, 3.05) is 19.6 Å². The standard InChI is InChI=1S/C26H29ClN2O3/c1-17(2)18-6-8-19(9-7-18)22(29-12-4-3-5-13-29)16-28-26(31)25-15-23(30)21-14-20(27)10-11-24(21)32-25/h6-11,14-15,17,22H,3-5,12-13,16H2,1-2H3,(H,28,31)/t22-/m0/s1. The Bertz CT molecular complexity index is 1150. The smallest absolute Gasteiger partial charge is 0.287 e. The molecule has 1 fully saturated rings. The van der Waals surface area contributed by atoms with E-state index in [0.717, 1.165) is 25.9 Å². The molecule has 0 spiro atoms. The third kappa shape index (κ3) is 5.05. The summed E-state index contributed by atoms with van der Waals surface area (Å²) in [7, 11) is 0. The molecule has 32 heavy (non-hydrogen) atoms. The molecule has 0 unspecified atom stereocenters. The number of hydrogen-bond donors (Lipinski definition) is 1. The number of carbonyl (C=O) groups is 1. The Kier molecular flexibility index (Phi) is 6.97. The molecular formula is C26H29ClN2O3. The minimum absolute atomic E-state index is 0.0115. The maximum Gasteiger partial charge on any atom is 0.287 e. The average Bonchev–Trinajstić information content (AvgIpc) is 2.80. The molecule has 2 aromatic carbocycles. The fourth-order valence-corrected chi connectivity index (χ4v) is 4.48. The molecule has 2 heterocycles. The Labute approximate surface area is 193 Å². The second kappa shape index (κ2) is 9.88. The normalized spacial score (nSPS) is 15.8. The predicted molar refractivity (Wildman–Crippen MR) is 129 cm³/mol. The van der Waals surface area contributed by atoms with Crippen molar-refractivity contribution >= 4 is 28.5 Å². The summed E-state index contributed by atoms with van der Waals surface area (Å²) in [6.07, 6.45) is 3.57. The van der Waals surface area contributed by atoms with Gasteiger partial charge in [0.15, 0.2) is 11.2 Å². The van der Waals surface area contributed by atoms with E-state index in [2.05, 4.69) is 48.3 Å². The van der Waals surface area contributed by atoms with Crippen LogP contribution in [0.3, 0.4) is 0 Å². The number of fused-ring (bicyclic) bond motifs is 1. The zero-order valence-corrected chi connectivity index (χ0v) is 19.3. The Hall–Kier alpha value is -2.63. The Morgan fingerprint density at radius 2 is 1.72 bits per heavy atom. The minimum atomic E-state index is -0.389. The third-order valence-corrected chi connectivity index (χ3v) is 6.42. The molecule has 1 aromatic heterocycles. The SMILES string of the molecule is CC(C)c1ccc([C@H](CNC(=O)c2cc(=O)c3cc(Cl)ccc3o2)N2CCCCC2)cc1. The minimum Gasteiger partial charge on any atom is -0.451 e. The highest BCUT2D eigenvalue weighted by Crippen LogP contribution is 2.26. The first kappa shape index (κ1) is 22.6. The lowest BCUT2D eigenvalue weighted by Gasteiger charge is -2.35. The van der Waals surface area contributed by atoms with Crippen LogP contribution in [0.4, 0.5) is 0 Å². The van der Waals surface area contributed by atoms with Crippen LogP contribution in [0.1, 0.15) is 66.8 Å². The van der Waals surface area contributed by atoms with Crippen molar-refractivity contribution in [3.8, 4) is 0 Å². The molecule has 5 nitrogen and oxygen atoms in total.